The molecular weight excluding hydrogens is 1770 g/mol. The van der Waals surface area contributed by atoms with Crippen molar-refractivity contribution in [3.63, 3.8) is 0 Å². The molecule has 0 radical (unpaired) electrons. The van der Waals surface area contributed by atoms with Gasteiger partial charge in [0.25, 0.3) is 0 Å². The van der Waals surface area contributed by atoms with Gasteiger partial charge in [-0.15, -0.1) is 0 Å². The van der Waals surface area contributed by atoms with Crippen molar-refractivity contribution >= 4 is 221 Å². The van der Waals surface area contributed by atoms with E-state index in [1.165, 1.54) is 225 Å². The number of aromatic nitrogens is 4. The lowest BCUT2D eigenvalue weighted by atomic mass is 9.89. The molecule has 8 heterocycles. The molecule has 0 aliphatic heterocycles. The third kappa shape index (κ3) is 12.4. The summed E-state index contributed by atoms with van der Waals surface area (Å²) in [5, 5.41) is 19.7. The molecule has 0 saturated heterocycles. The molecule has 0 bridgehead atoms. The van der Waals surface area contributed by atoms with E-state index in [-0.39, 0.29) is 0 Å². The lowest BCUT2D eigenvalue weighted by Gasteiger charge is -2.26. The van der Waals surface area contributed by atoms with Gasteiger partial charge in [-0.25, -0.2) is 0 Å². The van der Waals surface area contributed by atoms with Crippen LogP contribution in [0.4, 0.5) is 68.2 Å². The standard InChI is InChI=1S/C138H94N8/c1-4-88-58-68-100(69-59-88)140(96-40-22-10-23-41-96)104-75-79-120-116(83-104)108-45-27-49-112-128-124(92-32-14-6-15-33-92)137-129(123(91-30-12-5-13-31-91)136(128)144(120)132(108)112)113-50-28-46-109-117-84-105(76-80-121(117)145(137)133(109)113)141(97-42-24-11-25-43-97)101-70-60-89(61-71-101)56-57-90-62-72-102(73-63-90)142(99-66-54-87(3)55-67-99)106-77-81-122-118(85-106)110-47-29-51-114-130-125(93-34-16-7-17-35-93)135-127(126(94-36-18-8-19-37-94)138(130)146(122)134(110)114)111-48-26-44-107-115-82-103(74-78-119(115)143(135)131(107)111)139(95-38-20-9-21-39-95)98-64-52-86(2)53-65-98/h5-55,58-85H,4,56-57H2,1-3H3. The second-order valence-electron chi connectivity index (χ2n) is 39.7. The van der Waals surface area contributed by atoms with E-state index in [9.17, 15) is 0 Å². The number of nitrogens with zero attached hydrogens (tertiary/aromatic N) is 8. The largest absolute Gasteiger partial charge is 0.310 e. The summed E-state index contributed by atoms with van der Waals surface area (Å²) in [7, 11) is 0. The Kier molecular flexibility index (Phi) is 18.6. The van der Waals surface area contributed by atoms with Crippen LogP contribution < -0.4 is 19.6 Å². The molecule has 30 aromatic rings. The fourth-order valence-electron chi connectivity index (χ4n) is 25.2. The maximum absolute atomic E-state index is 2.63. The highest BCUT2D eigenvalue weighted by Crippen LogP contribution is 2.59. The van der Waals surface area contributed by atoms with Crippen LogP contribution in [0, 0.1) is 13.8 Å². The van der Waals surface area contributed by atoms with Crippen molar-refractivity contribution in [1.29, 1.82) is 0 Å². The lowest BCUT2D eigenvalue weighted by molar-refractivity contribution is 0.959. The summed E-state index contributed by atoms with van der Waals surface area (Å²) in [6.45, 7) is 6.56. The Bertz CT molecular complexity index is 10400. The third-order valence-electron chi connectivity index (χ3n) is 31.6. The van der Waals surface area contributed by atoms with Crippen molar-refractivity contribution in [2.24, 2.45) is 0 Å². The van der Waals surface area contributed by atoms with E-state index in [1.54, 1.807) is 0 Å². The van der Waals surface area contributed by atoms with Gasteiger partial charge in [0.1, 0.15) is 0 Å². The van der Waals surface area contributed by atoms with Gasteiger partial charge in [0.05, 0.1) is 66.2 Å². The average molecular weight is 1860 g/mol. The molecule has 0 saturated carbocycles. The summed E-state index contributed by atoms with van der Waals surface area (Å²) >= 11 is 0. The van der Waals surface area contributed by atoms with Crippen LogP contribution in [0.3, 0.4) is 0 Å². The first-order valence-corrected chi connectivity index (χ1v) is 51.0. The molecule has 0 spiro atoms. The number of hydrogen-bond donors (Lipinski definition) is 0. The fraction of sp³-hybridized carbons (Fsp3) is 0.0435. The minimum Gasteiger partial charge on any atom is -0.310 e. The van der Waals surface area contributed by atoms with Gasteiger partial charge in [-0.05, 0) is 242 Å². The second kappa shape index (κ2) is 32.7. The molecule has 8 aromatic heterocycles. The van der Waals surface area contributed by atoms with Gasteiger partial charge in [0, 0.05) is 177 Å². The molecule has 0 atom stereocenters. The van der Waals surface area contributed by atoms with Crippen LogP contribution in [0.1, 0.15) is 34.7 Å². The Balaban J connectivity index is 0.507. The number of fused-ring (bicyclic) bond motifs is 24. The van der Waals surface area contributed by atoms with Crippen molar-refractivity contribution in [2.45, 2.75) is 40.0 Å². The van der Waals surface area contributed by atoms with Crippen LogP contribution >= 0.6 is 0 Å². The summed E-state index contributed by atoms with van der Waals surface area (Å²) in [5.41, 5.74) is 43.8. The molecule has 8 heteroatoms. The van der Waals surface area contributed by atoms with Gasteiger partial charge in [0.2, 0.25) is 0 Å². The maximum atomic E-state index is 2.63. The molecule has 146 heavy (non-hydrogen) atoms. The van der Waals surface area contributed by atoms with Gasteiger partial charge in [-0.3, -0.25) is 0 Å². The summed E-state index contributed by atoms with van der Waals surface area (Å²) in [5.74, 6) is 0. The summed E-state index contributed by atoms with van der Waals surface area (Å²) in [6.07, 6.45) is 2.74. The number of para-hydroxylation sites is 7. The Labute approximate surface area is 843 Å². The van der Waals surface area contributed by atoms with E-state index in [0.29, 0.717) is 0 Å². The SMILES string of the molecule is CCc1ccc(N(c2ccccc2)c2ccc3c(c2)c2cccc4c5c(-c6ccccc6)c6c(c(-c7ccccc7)c5n3c24)c2cccc3c4cc(N(c5ccccc5)c5ccc(CCc7ccc(N(c8ccc(C)cc8)c8ccc9c(c8)c8cccc%10c%11c(-c%12ccccc%12)c%12c(c(-c%13ccccc%13)c%11n9c8%10)c8cccc9c%10cc(N(c%11ccccc%11)c%11ccc(C)cc%11)ccc%10n%12c98)cc7)cc5)ccc4n6c32)cc1. The van der Waals surface area contributed by atoms with Crippen molar-refractivity contribution in [3.05, 3.63) is 507 Å². The predicted molar refractivity (Wildman–Crippen MR) is 618 cm³/mol. The molecule has 30 rings (SSSR count). The van der Waals surface area contributed by atoms with Crippen molar-refractivity contribution in [3.8, 4) is 44.5 Å². The lowest BCUT2D eigenvalue weighted by Crippen LogP contribution is -2.10. The third-order valence-corrected chi connectivity index (χ3v) is 31.6. The predicted octanol–water partition coefficient (Wildman–Crippen LogP) is 37.8. The Morgan fingerprint density at radius 3 is 0.596 bits per heavy atom. The number of hydrogen-bond acceptors (Lipinski definition) is 4. The first-order chi connectivity index (χ1) is 72.3. The highest BCUT2D eigenvalue weighted by Gasteiger charge is 2.36. The van der Waals surface area contributed by atoms with E-state index in [2.05, 4.69) is 537 Å². The number of anilines is 12. The average Bonchev–Trinajstić information content (AvgIpc) is 1.50. The summed E-state index contributed by atoms with van der Waals surface area (Å²) in [4.78, 5) is 9.68. The van der Waals surface area contributed by atoms with Crippen LogP contribution in [0.25, 0.3) is 197 Å². The molecule has 0 unspecified atom stereocenters. The van der Waals surface area contributed by atoms with Gasteiger partial charge < -0.3 is 37.2 Å². The van der Waals surface area contributed by atoms with E-state index >= 15 is 0 Å². The van der Waals surface area contributed by atoms with Gasteiger partial charge in [0.15, 0.2) is 0 Å². The molecule has 22 aromatic carbocycles. The zero-order valence-electron chi connectivity index (χ0n) is 80.8. The van der Waals surface area contributed by atoms with Crippen LogP contribution in [0.15, 0.2) is 479 Å². The first-order valence-electron chi connectivity index (χ1n) is 51.0. The molecule has 8 nitrogen and oxygen atoms in total. The molecule has 0 aliphatic carbocycles. The molecule has 0 fully saturated rings. The monoisotopic (exact) mass is 1860 g/mol. The quantitative estimate of drug-likeness (QED) is 0.0761. The molecular formula is C138H94N8. The highest BCUT2D eigenvalue weighted by atomic mass is 15.2. The summed E-state index contributed by atoms with van der Waals surface area (Å²) < 4.78 is 10.5. The molecule has 686 valence electrons. The molecule has 0 N–H and O–H groups in total. The number of benzene rings is 22. The summed E-state index contributed by atoms with van der Waals surface area (Å²) in [6, 6.07) is 180. The topological polar surface area (TPSA) is 30.6 Å². The highest BCUT2D eigenvalue weighted by molar-refractivity contribution is 6.41. The van der Waals surface area contributed by atoms with Gasteiger partial charge >= 0.3 is 0 Å². The number of aryl methyl sites for hydroxylation is 5. The van der Waals surface area contributed by atoms with Crippen LogP contribution in [0.2, 0.25) is 0 Å². The Morgan fingerprint density at radius 2 is 0.363 bits per heavy atom. The van der Waals surface area contributed by atoms with E-state index in [1.807, 2.05) is 0 Å². The zero-order valence-corrected chi connectivity index (χ0v) is 80.8. The fourth-order valence-corrected chi connectivity index (χ4v) is 25.2. The van der Waals surface area contributed by atoms with Gasteiger partial charge in [-0.1, -0.05) is 327 Å². The van der Waals surface area contributed by atoms with Gasteiger partial charge in [-0.2, -0.15) is 0 Å². The van der Waals surface area contributed by atoms with Crippen LogP contribution in [0.5, 0.6) is 0 Å². The smallest absolute Gasteiger partial charge is 0.0634 e. The van der Waals surface area contributed by atoms with E-state index < -0.39 is 0 Å². The normalized spacial score (nSPS) is 12.2. The van der Waals surface area contributed by atoms with Crippen molar-refractivity contribution in [2.75, 3.05) is 19.6 Å². The van der Waals surface area contributed by atoms with Crippen molar-refractivity contribution in [1.82, 2.24) is 17.6 Å². The molecule has 0 amide bonds. The maximum Gasteiger partial charge on any atom is 0.0634 e. The first kappa shape index (κ1) is 83.1. The van der Waals surface area contributed by atoms with Crippen LogP contribution in [-0.2, 0) is 19.3 Å². The Hall–Kier alpha value is -18.8. The minimum absolute atomic E-state index is 0.877. The zero-order chi connectivity index (χ0) is 96.2. The number of rotatable bonds is 20. The Morgan fingerprint density at radius 1 is 0.164 bits per heavy atom. The van der Waals surface area contributed by atoms with E-state index in [4.69, 9.17) is 0 Å². The van der Waals surface area contributed by atoms with Crippen molar-refractivity contribution < 1.29 is 0 Å². The van der Waals surface area contributed by atoms with Crippen LogP contribution in [-0.4, -0.2) is 17.6 Å². The molecule has 0 aliphatic rings. The van der Waals surface area contributed by atoms with E-state index in [0.717, 1.165) is 87.5 Å². The second-order valence-corrected chi connectivity index (χ2v) is 39.7. The minimum atomic E-state index is 0.877.